The number of hydrogen-bond donors (Lipinski definition) is 3. The van der Waals surface area contributed by atoms with E-state index in [0.717, 1.165) is 13.1 Å². The van der Waals surface area contributed by atoms with E-state index in [0.29, 0.717) is 5.41 Å². The van der Waals surface area contributed by atoms with Gasteiger partial charge in [-0.15, -0.1) is 0 Å². The van der Waals surface area contributed by atoms with Crippen molar-refractivity contribution in [3.63, 3.8) is 0 Å². The third-order valence-electron chi connectivity index (χ3n) is 2.82. The molecule has 0 aliphatic heterocycles. The van der Waals surface area contributed by atoms with Crippen molar-refractivity contribution in [1.29, 1.82) is 0 Å². The third-order valence-corrected chi connectivity index (χ3v) is 2.82. The van der Waals surface area contributed by atoms with Gasteiger partial charge >= 0.3 is 0 Å². The van der Waals surface area contributed by atoms with Crippen LogP contribution in [0.4, 0.5) is 0 Å². The molecule has 11 heavy (non-hydrogen) atoms. The van der Waals surface area contributed by atoms with Crippen LogP contribution in [-0.2, 0) is 0 Å². The fourth-order valence-electron chi connectivity index (χ4n) is 1.97. The first kappa shape index (κ1) is 8.97. The van der Waals surface area contributed by atoms with Gasteiger partial charge in [0.1, 0.15) is 0 Å². The monoisotopic (exact) mass is 157 g/mol. The van der Waals surface area contributed by atoms with Crippen LogP contribution in [0, 0.1) is 5.41 Å². The summed E-state index contributed by atoms with van der Waals surface area (Å²) in [4.78, 5) is 0. The quantitative estimate of drug-likeness (QED) is 0.409. The van der Waals surface area contributed by atoms with E-state index in [1.807, 2.05) is 0 Å². The van der Waals surface area contributed by atoms with Crippen LogP contribution in [0.5, 0.6) is 0 Å². The summed E-state index contributed by atoms with van der Waals surface area (Å²) in [5.41, 5.74) is 8.79. The molecule has 1 saturated carbocycles. The molecule has 0 atom stereocenters. The average Bonchev–Trinajstić information content (AvgIpc) is 2.07. The summed E-state index contributed by atoms with van der Waals surface area (Å²) >= 11 is 0. The summed E-state index contributed by atoms with van der Waals surface area (Å²) < 4.78 is 0. The summed E-state index contributed by atoms with van der Waals surface area (Å²) in [6.07, 6.45) is 6.49. The topological polar surface area (TPSA) is 64.1 Å². The first-order valence-electron chi connectivity index (χ1n) is 4.46. The van der Waals surface area contributed by atoms with Gasteiger partial charge in [-0.1, -0.05) is 19.3 Å². The van der Waals surface area contributed by atoms with E-state index in [1.165, 1.54) is 32.1 Å². The van der Waals surface area contributed by atoms with Gasteiger partial charge in [0.2, 0.25) is 0 Å². The maximum absolute atomic E-state index is 5.73. The minimum Gasteiger partial charge on any atom is -0.330 e. The zero-order chi connectivity index (χ0) is 8.16. The number of nitrogens with one attached hydrogen (secondary N) is 1. The van der Waals surface area contributed by atoms with E-state index in [2.05, 4.69) is 5.43 Å². The molecule has 0 aromatic carbocycles. The van der Waals surface area contributed by atoms with Gasteiger partial charge in [0.05, 0.1) is 0 Å². The molecular weight excluding hydrogens is 138 g/mol. The Morgan fingerprint density at radius 3 is 2.27 bits per heavy atom. The Balaban J connectivity index is 2.42. The van der Waals surface area contributed by atoms with Crippen LogP contribution < -0.4 is 17.0 Å². The number of hydrazine groups is 1. The van der Waals surface area contributed by atoms with Crippen molar-refractivity contribution in [2.24, 2.45) is 17.0 Å². The van der Waals surface area contributed by atoms with Crippen LogP contribution in [0.15, 0.2) is 0 Å². The second-order valence-corrected chi connectivity index (χ2v) is 3.65. The van der Waals surface area contributed by atoms with Crippen LogP contribution >= 0.6 is 0 Å². The van der Waals surface area contributed by atoms with Gasteiger partial charge in [-0.25, -0.2) is 0 Å². The lowest BCUT2D eigenvalue weighted by atomic mass is 9.74. The largest absolute Gasteiger partial charge is 0.330 e. The van der Waals surface area contributed by atoms with Crippen LogP contribution in [0.3, 0.4) is 0 Å². The second kappa shape index (κ2) is 4.04. The van der Waals surface area contributed by atoms with E-state index in [4.69, 9.17) is 11.6 Å². The third kappa shape index (κ3) is 2.15. The van der Waals surface area contributed by atoms with Gasteiger partial charge in [0.25, 0.3) is 0 Å². The lowest BCUT2D eigenvalue weighted by Gasteiger charge is -2.35. The predicted octanol–water partition coefficient (Wildman–Crippen LogP) is 0.359. The van der Waals surface area contributed by atoms with E-state index in [9.17, 15) is 0 Å². The predicted molar refractivity (Wildman–Crippen MR) is 46.8 cm³/mol. The molecule has 5 N–H and O–H groups in total. The standard InChI is InChI=1S/C8H19N3/c9-6-8(7-11-10)4-2-1-3-5-8/h11H,1-7,9-10H2. The van der Waals surface area contributed by atoms with Crippen LogP contribution in [-0.4, -0.2) is 13.1 Å². The summed E-state index contributed by atoms with van der Waals surface area (Å²) in [6.45, 7) is 1.65. The van der Waals surface area contributed by atoms with Gasteiger partial charge in [0, 0.05) is 6.54 Å². The van der Waals surface area contributed by atoms with Crippen molar-refractivity contribution in [3.8, 4) is 0 Å². The summed E-state index contributed by atoms with van der Waals surface area (Å²) in [7, 11) is 0. The molecule has 0 unspecified atom stereocenters. The van der Waals surface area contributed by atoms with Crippen molar-refractivity contribution in [1.82, 2.24) is 5.43 Å². The van der Waals surface area contributed by atoms with Crippen LogP contribution in [0.25, 0.3) is 0 Å². The van der Waals surface area contributed by atoms with E-state index in [-0.39, 0.29) is 0 Å². The second-order valence-electron chi connectivity index (χ2n) is 3.65. The molecule has 0 heterocycles. The molecule has 1 rings (SSSR count). The van der Waals surface area contributed by atoms with Gasteiger partial charge in [-0.3, -0.25) is 11.3 Å². The molecule has 1 aliphatic rings. The molecule has 0 bridgehead atoms. The zero-order valence-corrected chi connectivity index (χ0v) is 7.10. The molecule has 0 amide bonds. The van der Waals surface area contributed by atoms with E-state index >= 15 is 0 Å². The van der Waals surface area contributed by atoms with Gasteiger partial charge < -0.3 is 5.73 Å². The Bertz CT molecular complexity index is 102. The first-order valence-corrected chi connectivity index (χ1v) is 4.46. The molecule has 0 aromatic rings. The highest BCUT2D eigenvalue weighted by Gasteiger charge is 2.29. The molecule has 0 radical (unpaired) electrons. The lowest BCUT2D eigenvalue weighted by Crippen LogP contribution is -2.44. The molecule has 3 heteroatoms. The van der Waals surface area contributed by atoms with Gasteiger partial charge in [-0.05, 0) is 24.8 Å². The van der Waals surface area contributed by atoms with Crippen molar-refractivity contribution >= 4 is 0 Å². The SMILES string of the molecule is NCC1(CNN)CCCCC1. The minimum absolute atomic E-state index is 0.312. The molecule has 1 fully saturated rings. The zero-order valence-electron chi connectivity index (χ0n) is 7.10. The highest BCUT2D eigenvalue weighted by atomic mass is 15.2. The van der Waals surface area contributed by atoms with E-state index in [1.54, 1.807) is 0 Å². The minimum atomic E-state index is 0.312. The van der Waals surface area contributed by atoms with Crippen molar-refractivity contribution in [2.75, 3.05) is 13.1 Å². The molecule has 0 saturated heterocycles. The maximum atomic E-state index is 5.73. The highest BCUT2D eigenvalue weighted by molar-refractivity contribution is 4.84. The normalized spacial score (nSPS) is 23.5. The average molecular weight is 157 g/mol. The van der Waals surface area contributed by atoms with Gasteiger partial charge in [0.15, 0.2) is 0 Å². The molecule has 66 valence electrons. The number of nitrogens with two attached hydrogens (primary N) is 2. The van der Waals surface area contributed by atoms with Crippen molar-refractivity contribution in [3.05, 3.63) is 0 Å². The Morgan fingerprint density at radius 1 is 1.18 bits per heavy atom. The van der Waals surface area contributed by atoms with Crippen molar-refractivity contribution in [2.45, 2.75) is 32.1 Å². The first-order chi connectivity index (χ1) is 5.33. The Morgan fingerprint density at radius 2 is 1.82 bits per heavy atom. The molecule has 0 aromatic heterocycles. The summed E-state index contributed by atoms with van der Waals surface area (Å²) in [6, 6.07) is 0. The Labute approximate surface area is 68.5 Å². The maximum Gasteiger partial charge on any atom is 0.0166 e. The Kier molecular flexibility index (Phi) is 3.30. The van der Waals surface area contributed by atoms with Crippen LogP contribution in [0.2, 0.25) is 0 Å². The van der Waals surface area contributed by atoms with Gasteiger partial charge in [-0.2, -0.15) is 0 Å². The smallest absolute Gasteiger partial charge is 0.0166 e. The van der Waals surface area contributed by atoms with Crippen molar-refractivity contribution < 1.29 is 0 Å². The summed E-state index contributed by atoms with van der Waals surface area (Å²) in [5.74, 6) is 5.31. The number of rotatable bonds is 3. The summed E-state index contributed by atoms with van der Waals surface area (Å²) in [5, 5.41) is 0. The molecule has 3 nitrogen and oxygen atoms in total. The molecule has 0 spiro atoms. The van der Waals surface area contributed by atoms with Crippen LogP contribution in [0.1, 0.15) is 32.1 Å². The molecule has 1 aliphatic carbocycles. The number of hydrogen-bond acceptors (Lipinski definition) is 3. The highest BCUT2D eigenvalue weighted by Crippen LogP contribution is 2.34. The van der Waals surface area contributed by atoms with E-state index < -0.39 is 0 Å². The lowest BCUT2D eigenvalue weighted by molar-refractivity contribution is 0.192. The fraction of sp³-hybridized carbons (Fsp3) is 1.00. The molecular formula is C8H19N3. The fourth-order valence-corrected chi connectivity index (χ4v) is 1.97. The Hall–Kier alpha value is -0.120.